The van der Waals surface area contributed by atoms with Crippen molar-refractivity contribution < 1.29 is 0 Å². The van der Waals surface area contributed by atoms with Crippen LogP contribution in [-0.4, -0.2) is 30.7 Å². The Hall–Kier alpha value is -1.60. The second kappa shape index (κ2) is 6.53. The molecule has 1 aromatic rings. The van der Waals surface area contributed by atoms with E-state index in [1.54, 1.807) is 6.20 Å². The van der Waals surface area contributed by atoms with Gasteiger partial charge < -0.3 is 10.2 Å². The minimum atomic E-state index is 0.419. The maximum atomic E-state index is 8.83. The number of hydrogen-bond acceptors (Lipinski definition) is 4. The minimum Gasteiger partial charge on any atom is -0.354 e. The molecule has 0 aromatic carbocycles. The number of pyridine rings is 1. The van der Waals surface area contributed by atoms with Crippen molar-refractivity contribution in [3.05, 3.63) is 23.9 Å². The predicted octanol–water partition coefficient (Wildman–Crippen LogP) is 2.17. The van der Waals surface area contributed by atoms with Gasteiger partial charge in [0.05, 0.1) is 5.56 Å². The Kier molecular flexibility index (Phi) is 4.75. The molecule has 1 aliphatic heterocycles. The predicted molar refractivity (Wildman–Crippen MR) is 77.0 cm³/mol. The molecule has 4 nitrogen and oxygen atoms in total. The van der Waals surface area contributed by atoms with Crippen LogP contribution in [0.3, 0.4) is 0 Å². The second-order valence-corrected chi connectivity index (χ2v) is 5.48. The Labute approximate surface area is 115 Å². The normalized spacial score (nSPS) is 19.2. The summed E-state index contributed by atoms with van der Waals surface area (Å²) in [5, 5.41) is 12.3. The standard InChI is InChI=1S/C15H22N4/c1-12(2)19(11-14-4-3-7-17-9-14)15-6-5-13(8-16)10-18-15/h5-6,10,12,14,17H,3-4,7,9,11H2,1-2H3. The summed E-state index contributed by atoms with van der Waals surface area (Å²) in [6.45, 7) is 7.66. The number of anilines is 1. The van der Waals surface area contributed by atoms with E-state index in [0.717, 1.165) is 25.5 Å². The Balaban J connectivity index is 2.07. The topological polar surface area (TPSA) is 52.0 Å². The quantitative estimate of drug-likeness (QED) is 0.899. The van der Waals surface area contributed by atoms with Crippen LogP contribution in [0.2, 0.25) is 0 Å². The molecular weight excluding hydrogens is 236 g/mol. The summed E-state index contributed by atoms with van der Waals surface area (Å²) in [6, 6.07) is 6.33. The van der Waals surface area contributed by atoms with Crippen LogP contribution in [0.25, 0.3) is 0 Å². The van der Waals surface area contributed by atoms with Gasteiger partial charge in [-0.25, -0.2) is 4.98 Å². The fraction of sp³-hybridized carbons (Fsp3) is 0.600. The van der Waals surface area contributed by atoms with E-state index in [2.05, 4.69) is 35.1 Å². The van der Waals surface area contributed by atoms with Gasteiger partial charge in [0.2, 0.25) is 0 Å². The lowest BCUT2D eigenvalue weighted by Gasteiger charge is -2.33. The van der Waals surface area contributed by atoms with Crippen molar-refractivity contribution in [1.29, 1.82) is 5.26 Å². The molecule has 4 heteroatoms. The second-order valence-electron chi connectivity index (χ2n) is 5.48. The third-order valence-corrected chi connectivity index (χ3v) is 3.65. The van der Waals surface area contributed by atoms with E-state index < -0.39 is 0 Å². The van der Waals surface area contributed by atoms with Gasteiger partial charge in [-0.05, 0) is 57.8 Å². The average Bonchev–Trinajstić information content (AvgIpc) is 2.46. The van der Waals surface area contributed by atoms with Crippen molar-refractivity contribution in [3.8, 4) is 6.07 Å². The van der Waals surface area contributed by atoms with Gasteiger partial charge >= 0.3 is 0 Å². The molecule has 2 rings (SSSR count). The van der Waals surface area contributed by atoms with Crippen LogP contribution in [-0.2, 0) is 0 Å². The van der Waals surface area contributed by atoms with Crippen LogP contribution in [0.1, 0.15) is 32.3 Å². The Morgan fingerprint density at radius 1 is 1.53 bits per heavy atom. The lowest BCUT2D eigenvalue weighted by atomic mass is 9.98. The van der Waals surface area contributed by atoms with Crippen molar-refractivity contribution in [1.82, 2.24) is 10.3 Å². The van der Waals surface area contributed by atoms with E-state index in [4.69, 9.17) is 5.26 Å². The summed E-state index contributed by atoms with van der Waals surface area (Å²) < 4.78 is 0. The van der Waals surface area contributed by atoms with Gasteiger partial charge in [0.1, 0.15) is 11.9 Å². The molecule has 0 saturated carbocycles. The summed E-state index contributed by atoms with van der Waals surface area (Å²) in [7, 11) is 0. The zero-order valence-corrected chi connectivity index (χ0v) is 11.8. The van der Waals surface area contributed by atoms with Crippen LogP contribution in [0.4, 0.5) is 5.82 Å². The van der Waals surface area contributed by atoms with E-state index in [-0.39, 0.29) is 0 Å². The maximum absolute atomic E-state index is 8.83. The molecule has 2 heterocycles. The fourth-order valence-electron chi connectivity index (χ4n) is 2.55. The van der Waals surface area contributed by atoms with Gasteiger partial charge in [-0.3, -0.25) is 0 Å². The van der Waals surface area contributed by atoms with Crippen LogP contribution >= 0.6 is 0 Å². The third kappa shape index (κ3) is 3.68. The monoisotopic (exact) mass is 258 g/mol. The lowest BCUT2D eigenvalue weighted by molar-refractivity contribution is 0.370. The van der Waals surface area contributed by atoms with E-state index >= 15 is 0 Å². The molecule has 1 atom stereocenters. The number of nitriles is 1. The van der Waals surface area contributed by atoms with Crippen molar-refractivity contribution in [2.75, 3.05) is 24.5 Å². The van der Waals surface area contributed by atoms with Crippen molar-refractivity contribution >= 4 is 5.82 Å². The number of rotatable bonds is 4. The molecule has 1 unspecified atom stereocenters. The maximum Gasteiger partial charge on any atom is 0.128 e. The third-order valence-electron chi connectivity index (χ3n) is 3.65. The lowest BCUT2D eigenvalue weighted by Crippen LogP contribution is -2.41. The summed E-state index contributed by atoms with van der Waals surface area (Å²) in [5.74, 6) is 1.66. The van der Waals surface area contributed by atoms with Crippen molar-refractivity contribution in [3.63, 3.8) is 0 Å². The van der Waals surface area contributed by atoms with Gasteiger partial charge in [-0.1, -0.05) is 0 Å². The molecule has 1 fully saturated rings. The first-order valence-corrected chi connectivity index (χ1v) is 7.04. The van der Waals surface area contributed by atoms with Crippen LogP contribution in [0.15, 0.2) is 18.3 Å². The largest absolute Gasteiger partial charge is 0.354 e. The summed E-state index contributed by atoms with van der Waals surface area (Å²) in [6.07, 6.45) is 4.20. The summed E-state index contributed by atoms with van der Waals surface area (Å²) >= 11 is 0. The van der Waals surface area contributed by atoms with E-state index in [1.165, 1.54) is 12.8 Å². The number of hydrogen-bond donors (Lipinski definition) is 1. The van der Waals surface area contributed by atoms with Gasteiger partial charge in [0.15, 0.2) is 0 Å². The van der Waals surface area contributed by atoms with Gasteiger partial charge in [-0.15, -0.1) is 0 Å². The molecule has 0 spiro atoms. The van der Waals surface area contributed by atoms with Crippen molar-refractivity contribution in [2.24, 2.45) is 5.92 Å². The van der Waals surface area contributed by atoms with E-state index in [0.29, 0.717) is 17.5 Å². The Morgan fingerprint density at radius 2 is 2.37 bits per heavy atom. The Bertz CT molecular complexity index is 426. The van der Waals surface area contributed by atoms with E-state index in [1.807, 2.05) is 12.1 Å². The molecule has 19 heavy (non-hydrogen) atoms. The average molecular weight is 258 g/mol. The number of nitrogens with zero attached hydrogens (tertiary/aromatic N) is 3. The molecular formula is C15H22N4. The highest BCUT2D eigenvalue weighted by Crippen LogP contribution is 2.19. The smallest absolute Gasteiger partial charge is 0.128 e. The molecule has 0 aliphatic carbocycles. The molecule has 0 bridgehead atoms. The summed E-state index contributed by atoms with van der Waals surface area (Å²) in [4.78, 5) is 6.75. The van der Waals surface area contributed by atoms with Crippen LogP contribution in [0, 0.1) is 17.2 Å². The first kappa shape index (κ1) is 13.8. The molecule has 1 aromatic heterocycles. The molecule has 1 N–H and O–H groups in total. The fourth-order valence-corrected chi connectivity index (χ4v) is 2.55. The number of nitrogens with one attached hydrogen (secondary N) is 1. The highest BCUT2D eigenvalue weighted by molar-refractivity contribution is 5.42. The van der Waals surface area contributed by atoms with Gasteiger partial charge in [0, 0.05) is 18.8 Å². The van der Waals surface area contributed by atoms with Crippen LogP contribution < -0.4 is 10.2 Å². The summed E-state index contributed by atoms with van der Waals surface area (Å²) in [5.41, 5.74) is 0.617. The molecule has 0 amide bonds. The van der Waals surface area contributed by atoms with E-state index in [9.17, 15) is 0 Å². The number of piperidine rings is 1. The van der Waals surface area contributed by atoms with Gasteiger partial charge in [0.25, 0.3) is 0 Å². The van der Waals surface area contributed by atoms with Crippen molar-refractivity contribution in [2.45, 2.75) is 32.7 Å². The highest BCUT2D eigenvalue weighted by atomic mass is 15.2. The first-order valence-electron chi connectivity index (χ1n) is 7.04. The van der Waals surface area contributed by atoms with Crippen LogP contribution in [0.5, 0.6) is 0 Å². The molecule has 102 valence electrons. The zero-order valence-electron chi connectivity index (χ0n) is 11.8. The van der Waals surface area contributed by atoms with Gasteiger partial charge in [-0.2, -0.15) is 5.26 Å². The number of aromatic nitrogens is 1. The molecule has 1 aliphatic rings. The SMILES string of the molecule is CC(C)N(CC1CCCNC1)c1ccc(C#N)cn1. The highest BCUT2D eigenvalue weighted by Gasteiger charge is 2.19. The first-order chi connectivity index (χ1) is 9.20. The zero-order chi connectivity index (χ0) is 13.7. The molecule has 1 saturated heterocycles. The molecule has 0 radical (unpaired) electrons. The Morgan fingerprint density at radius 3 is 2.89 bits per heavy atom. The minimum absolute atomic E-state index is 0.419.